The lowest BCUT2D eigenvalue weighted by Crippen LogP contribution is -1.63. The molecule has 2 N–H and O–H groups in total. The lowest BCUT2D eigenvalue weighted by Gasteiger charge is -1.72. The highest BCUT2D eigenvalue weighted by molar-refractivity contribution is 5.04. The number of aromatic amines is 1. The van der Waals surface area contributed by atoms with Crippen molar-refractivity contribution in [3.05, 3.63) is 12.0 Å². The fraction of sp³-hybridized carbons (Fsp3) is 0. The fourth-order valence-corrected chi connectivity index (χ4v) is 0.268. The highest BCUT2D eigenvalue weighted by Crippen LogP contribution is 2.05. The van der Waals surface area contributed by atoms with Crippen molar-refractivity contribution >= 4 is 0 Å². The van der Waals surface area contributed by atoms with Crippen LogP contribution in [0.2, 0.25) is 0 Å². The number of hydrogen-bond acceptors (Lipinski definition) is 2. The van der Waals surface area contributed by atoms with Gasteiger partial charge in [-0.15, -0.1) is 5.10 Å². The normalized spacial score (nSPS) is 9.29. The molecule has 1 heterocycles. The van der Waals surface area contributed by atoms with Gasteiger partial charge in [0.15, 0.2) is 0 Å². The summed E-state index contributed by atoms with van der Waals surface area (Å²) in [6.07, 6.45) is 0.968. The molecule has 0 bridgehead atoms. The first-order valence-corrected chi connectivity index (χ1v) is 1.69. The zero-order valence-electron chi connectivity index (χ0n) is 3.35. The summed E-state index contributed by atoms with van der Waals surface area (Å²) in [6, 6.07) is 0. The molecule has 0 fully saturated rings. The lowest BCUT2D eigenvalue weighted by molar-refractivity contribution is 0.416. The summed E-state index contributed by atoms with van der Waals surface area (Å²) in [5, 5.41) is 13.4. The second-order valence-electron chi connectivity index (χ2n) is 1.06. The number of H-pyrrole nitrogens is 1. The third-order valence-corrected chi connectivity index (χ3v) is 0.575. The van der Waals surface area contributed by atoms with Gasteiger partial charge < -0.3 is 5.11 Å². The maximum Gasteiger partial charge on any atom is 0.266 e. The van der Waals surface area contributed by atoms with Gasteiger partial charge in [0.2, 0.25) is 5.82 Å². The van der Waals surface area contributed by atoms with Crippen LogP contribution in [0.15, 0.2) is 6.20 Å². The minimum absolute atomic E-state index is 0.583. The van der Waals surface area contributed by atoms with Gasteiger partial charge in [-0.25, -0.2) is 0 Å². The maximum absolute atomic E-state index is 11.7. The minimum Gasteiger partial charge on any atom is -0.490 e. The molecule has 38 valence electrons. The number of halogens is 1. The van der Waals surface area contributed by atoms with Gasteiger partial charge in [0.05, 0.1) is 6.20 Å². The fourth-order valence-electron chi connectivity index (χ4n) is 0.268. The quantitative estimate of drug-likeness (QED) is 0.493. The summed E-state index contributed by atoms with van der Waals surface area (Å²) in [4.78, 5) is 0. The van der Waals surface area contributed by atoms with E-state index in [0.717, 1.165) is 6.20 Å². The number of nitrogens with one attached hydrogen (secondary N) is 1. The number of rotatable bonds is 0. The Bertz CT molecular complexity index is 145. The number of aromatic hydroxyl groups is 1. The molecule has 0 aliphatic heterocycles. The molecule has 0 saturated heterocycles. The van der Waals surface area contributed by atoms with Crippen molar-refractivity contribution in [2.24, 2.45) is 0 Å². The number of aromatic nitrogens is 2. The van der Waals surface area contributed by atoms with Gasteiger partial charge in [0.1, 0.15) is 0 Å². The summed E-state index contributed by atoms with van der Waals surface area (Å²) in [5.41, 5.74) is 0. The van der Waals surface area contributed by atoms with Crippen molar-refractivity contribution < 1.29 is 9.50 Å². The van der Waals surface area contributed by atoms with Gasteiger partial charge in [0, 0.05) is 0 Å². The van der Waals surface area contributed by atoms with Crippen molar-refractivity contribution in [3.8, 4) is 5.88 Å². The largest absolute Gasteiger partial charge is 0.490 e. The molecule has 1 rings (SSSR count). The molecule has 3 nitrogen and oxygen atoms in total. The molecule has 0 aromatic carbocycles. The van der Waals surface area contributed by atoms with E-state index in [1.54, 1.807) is 0 Å². The van der Waals surface area contributed by atoms with Gasteiger partial charge in [-0.3, -0.25) is 5.10 Å². The molecule has 0 aliphatic carbocycles. The number of hydrogen-bond donors (Lipinski definition) is 2. The second kappa shape index (κ2) is 1.22. The third-order valence-electron chi connectivity index (χ3n) is 0.575. The molecule has 0 saturated carbocycles. The zero-order valence-corrected chi connectivity index (χ0v) is 3.35. The van der Waals surface area contributed by atoms with Gasteiger partial charge in [-0.05, 0) is 0 Å². The Balaban J connectivity index is 3.12. The third kappa shape index (κ3) is 0.534. The SMILES string of the molecule is Oc1n[nH]cc1F. The van der Waals surface area contributed by atoms with Gasteiger partial charge in [0.25, 0.3) is 5.88 Å². The zero-order chi connectivity index (χ0) is 5.28. The monoisotopic (exact) mass is 102 g/mol. The molecule has 4 heteroatoms. The summed E-state index contributed by atoms with van der Waals surface area (Å²) >= 11 is 0. The van der Waals surface area contributed by atoms with E-state index in [-0.39, 0.29) is 0 Å². The smallest absolute Gasteiger partial charge is 0.266 e. The Kier molecular flexibility index (Phi) is 0.714. The first-order chi connectivity index (χ1) is 3.30. The van der Waals surface area contributed by atoms with Gasteiger partial charge in [-0.1, -0.05) is 0 Å². The van der Waals surface area contributed by atoms with Crippen molar-refractivity contribution in [1.82, 2.24) is 10.2 Å². The standard InChI is InChI=1S/C3H3FN2O/c4-2-1-5-6-3(2)7/h1H,(H2,5,6,7). The molecule has 0 unspecified atom stereocenters. The Hall–Kier alpha value is -1.06. The van der Waals surface area contributed by atoms with E-state index in [2.05, 4.69) is 10.2 Å². The Morgan fingerprint density at radius 3 is 2.71 bits per heavy atom. The first-order valence-electron chi connectivity index (χ1n) is 1.69. The lowest BCUT2D eigenvalue weighted by atomic mass is 10.7. The topological polar surface area (TPSA) is 48.9 Å². The summed E-state index contributed by atoms with van der Waals surface area (Å²) < 4.78 is 11.7. The predicted octanol–water partition coefficient (Wildman–Crippen LogP) is 0.254. The maximum atomic E-state index is 11.7. The van der Waals surface area contributed by atoms with E-state index in [9.17, 15) is 4.39 Å². The Morgan fingerprint density at radius 2 is 2.57 bits per heavy atom. The highest BCUT2D eigenvalue weighted by Gasteiger charge is 1.97. The summed E-state index contributed by atoms with van der Waals surface area (Å²) in [6.45, 7) is 0. The predicted molar refractivity (Wildman–Crippen MR) is 20.2 cm³/mol. The van der Waals surface area contributed by atoms with Crippen molar-refractivity contribution in [3.63, 3.8) is 0 Å². The molecule has 0 atom stereocenters. The Labute approximate surface area is 38.8 Å². The molecular formula is C3H3FN2O. The Morgan fingerprint density at radius 1 is 1.86 bits per heavy atom. The molecular weight excluding hydrogens is 99.0 g/mol. The molecule has 0 radical (unpaired) electrons. The molecule has 1 aromatic rings. The van der Waals surface area contributed by atoms with E-state index in [0.29, 0.717) is 0 Å². The van der Waals surface area contributed by atoms with Crippen LogP contribution in [0.5, 0.6) is 5.88 Å². The average Bonchev–Trinajstić information content (AvgIpc) is 1.91. The van der Waals surface area contributed by atoms with Crippen LogP contribution in [0.4, 0.5) is 4.39 Å². The van der Waals surface area contributed by atoms with Gasteiger partial charge in [-0.2, -0.15) is 4.39 Å². The van der Waals surface area contributed by atoms with E-state index in [4.69, 9.17) is 5.11 Å². The van der Waals surface area contributed by atoms with Crippen LogP contribution < -0.4 is 0 Å². The van der Waals surface area contributed by atoms with Crippen LogP contribution in [0, 0.1) is 5.82 Å². The van der Waals surface area contributed by atoms with Crippen LogP contribution >= 0.6 is 0 Å². The molecule has 0 amide bonds. The van der Waals surface area contributed by atoms with Crippen LogP contribution in [0.25, 0.3) is 0 Å². The van der Waals surface area contributed by atoms with E-state index in [1.807, 2.05) is 0 Å². The van der Waals surface area contributed by atoms with Gasteiger partial charge >= 0.3 is 0 Å². The highest BCUT2D eigenvalue weighted by atomic mass is 19.1. The van der Waals surface area contributed by atoms with Crippen LogP contribution in [-0.4, -0.2) is 15.3 Å². The average molecular weight is 102 g/mol. The van der Waals surface area contributed by atoms with Crippen molar-refractivity contribution in [2.45, 2.75) is 0 Å². The molecule has 0 aliphatic rings. The molecule has 0 spiro atoms. The number of nitrogens with zero attached hydrogens (tertiary/aromatic N) is 1. The second-order valence-corrected chi connectivity index (χ2v) is 1.06. The van der Waals surface area contributed by atoms with Crippen molar-refractivity contribution in [2.75, 3.05) is 0 Å². The first kappa shape index (κ1) is 4.11. The molecule has 7 heavy (non-hydrogen) atoms. The minimum atomic E-state index is -0.722. The van der Waals surface area contributed by atoms with Crippen LogP contribution in [0.3, 0.4) is 0 Å². The summed E-state index contributed by atoms with van der Waals surface area (Å²) in [7, 11) is 0. The van der Waals surface area contributed by atoms with E-state index in [1.165, 1.54) is 0 Å². The summed E-state index contributed by atoms with van der Waals surface area (Å²) in [5.74, 6) is -1.31. The van der Waals surface area contributed by atoms with E-state index < -0.39 is 11.7 Å². The molecule has 1 aromatic heterocycles. The van der Waals surface area contributed by atoms with Crippen molar-refractivity contribution in [1.29, 1.82) is 0 Å². The van der Waals surface area contributed by atoms with E-state index >= 15 is 0 Å². The van der Waals surface area contributed by atoms with Crippen LogP contribution in [0.1, 0.15) is 0 Å². The van der Waals surface area contributed by atoms with Crippen LogP contribution in [-0.2, 0) is 0 Å².